The Morgan fingerprint density at radius 3 is 2.71 bits per heavy atom. The van der Waals surface area contributed by atoms with E-state index < -0.39 is 5.91 Å². The molecular weight excluding hydrogens is 470 g/mol. The van der Waals surface area contributed by atoms with Crippen LogP contribution in [0, 0.1) is 0 Å². The number of nitrogens with one attached hydrogen (secondary N) is 3. The number of carbonyl (C=O) groups is 2. The van der Waals surface area contributed by atoms with Crippen molar-refractivity contribution in [3.63, 3.8) is 0 Å². The summed E-state index contributed by atoms with van der Waals surface area (Å²) in [6.07, 6.45) is -0.0152. The maximum Gasteiger partial charge on any atom is 0.255 e. The lowest BCUT2D eigenvalue weighted by molar-refractivity contribution is -0.129. The van der Waals surface area contributed by atoms with Gasteiger partial charge in [0, 0.05) is 36.6 Å². The zero-order valence-corrected chi connectivity index (χ0v) is 19.9. The Morgan fingerprint density at radius 2 is 1.94 bits per heavy atom. The minimum Gasteiger partial charge on any atom is -0.493 e. The number of amides is 2. The van der Waals surface area contributed by atoms with Crippen LogP contribution in [-0.2, 0) is 4.79 Å². The van der Waals surface area contributed by atoms with Crippen LogP contribution in [0.25, 0.3) is 22.4 Å². The Labute approximate surface area is 206 Å². The number of aromatic nitrogens is 2. The molecule has 4 aromatic rings. The van der Waals surface area contributed by atoms with Crippen LogP contribution in [0.4, 0.5) is 11.4 Å². The standard InChI is InChI=1S/C25H24ClN5O4/c1-31(2)17-7-9-21-22(14-17)29-24(28-21)19-13-16(6-8-20(19)26)27-25(33)15-4-3-5-18(12-15)35-11-10-23(32)30-34/h3-9,12-14,34H,10-11H2,1-2H3,(H,27,33)(H,28,29)(H,30,32). The van der Waals surface area contributed by atoms with Gasteiger partial charge in [-0.1, -0.05) is 17.7 Å². The van der Waals surface area contributed by atoms with Gasteiger partial charge in [-0.3, -0.25) is 14.8 Å². The van der Waals surface area contributed by atoms with Gasteiger partial charge in [-0.2, -0.15) is 0 Å². The van der Waals surface area contributed by atoms with Gasteiger partial charge < -0.3 is 19.9 Å². The van der Waals surface area contributed by atoms with E-state index in [1.54, 1.807) is 47.9 Å². The minimum atomic E-state index is -0.556. The monoisotopic (exact) mass is 493 g/mol. The summed E-state index contributed by atoms with van der Waals surface area (Å²) in [5, 5.41) is 11.9. The van der Waals surface area contributed by atoms with Gasteiger partial charge in [0.05, 0.1) is 29.1 Å². The molecule has 0 saturated carbocycles. The van der Waals surface area contributed by atoms with Gasteiger partial charge >= 0.3 is 0 Å². The fourth-order valence-electron chi connectivity index (χ4n) is 3.43. The van der Waals surface area contributed by atoms with Gasteiger partial charge in [-0.15, -0.1) is 0 Å². The van der Waals surface area contributed by atoms with Crippen molar-refractivity contribution in [3.8, 4) is 17.1 Å². The highest BCUT2D eigenvalue weighted by Gasteiger charge is 2.13. The Morgan fingerprint density at radius 1 is 1.11 bits per heavy atom. The van der Waals surface area contributed by atoms with Crippen LogP contribution in [0.15, 0.2) is 60.7 Å². The average molecular weight is 494 g/mol. The zero-order valence-electron chi connectivity index (χ0n) is 19.1. The molecule has 0 fully saturated rings. The molecule has 0 aliphatic heterocycles. The number of ether oxygens (including phenoxy) is 1. The van der Waals surface area contributed by atoms with Crippen molar-refractivity contribution in [2.45, 2.75) is 6.42 Å². The molecule has 0 atom stereocenters. The van der Waals surface area contributed by atoms with Gasteiger partial charge in [0.2, 0.25) is 5.91 Å². The summed E-state index contributed by atoms with van der Waals surface area (Å²) >= 11 is 6.45. The predicted molar refractivity (Wildman–Crippen MR) is 135 cm³/mol. The molecule has 35 heavy (non-hydrogen) atoms. The molecule has 0 radical (unpaired) electrons. The smallest absolute Gasteiger partial charge is 0.255 e. The van der Waals surface area contributed by atoms with Crippen molar-refractivity contribution in [2.24, 2.45) is 0 Å². The highest BCUT2D eigenvalue weighted by Crippen LogP contribution is 2.31. The Balaban J connectivity index is 1.51. The topological polar surface area (TPSA) is 120 Å². The number of carbonyl (C=O) groups excluding carboxylic acids is 2. The quantitative estimate of drug-likeness (QED) is 0.212. The van der Waals surface area contributed by atoms with E-state index in [1.165, 1.54) is 0 Å². The number of hydroxylamine groups is 1. The normalized spacial score (nSPS) is 10.7. The Bertz CT molecular complexity index is 1390. The number of nitrogens with zero attached hydrogens (tertiary/aromatic N) is 2. The van der Waals surface area contributed by atoms with E-state index >= 15 is 0 Å². The number of imidazole rings is 1. The van der Waals surface area contributed by atoms with Crippen LogP contribution < -0.4 is 20.4 Å². The lowest BCUT2D eigenvalue weighted by atomic mass is 10.1. The van der Waals surface area contributed by atoms with Crippen molar-refractivity contribution >= 4 is 45.8 Å². The van der Waals surface area contributed by atoms with Gasteiger partial charge in [0.1, 0.15) is 11.6 Å². The Kier molecular flexibility index (Phi) is 7.19. The lowest BCUT2D eigenvalue weighted by Crippen LogP contribution is -2.20. The minimum absolute atomic E-state index is 0.0152. The maximum absolute atomic E-state index is 12.8. The number of benzene rings is 3. The van der Waals surface area contributed by atoms with Gasteiger partial charge in [-0.05, 0) is 54.6 Å². The number of hydrogen-bond donors (Lipinski definition) is 4. The van der Waals surface area contributed by atoms with E-state index in [9.17, 15) is 9.59 Å². The van der Waals surface area contributed by atoms with Gasteiger partial charge in [0.25, 0.3) is 5.91 Å². The molecule has 4 rings (SSSR count). The first-order valence-electron chi connectivity index (χ1n) is 10.8. The number of hydrogen-bond acceptors (Lipinski definition) is 6. The first-order chi connectivity index (χ1) is 16.8. The summed E-state index contributed by atoms with van der Waals surface area (Å²) in [4.78, 5) is 33.9. The number of halogens is 1. The molecule has 0 aliphatic carbocycles. The fraction of sp³-hybridized carbons (Fsp3) is 0.160. The first-order valence-corrected chi connectivity index (χ1v) is 11.2. The summed E-state index contributed by atoms with van der Waals surface area (Å²) in [5.41, 5.74) is 5.85. The highest BCUT2D eigenvalue weighted by molar-refractivity contribution is 6.33. The summed E-state index contributed by atoms with van der Waals surface area (Å²) in [7, 11) is 3.94. The second kappa shape index (κ2) is 10.5. The second-order valence-corrected chi connectivity index (χ2v) is 8.40. The molecule has 9 nitrogen and oxygen atoms in total. The molecule has 2 amide bonds. The molecule has 1 aromatic heterocycles. The van der Waals surface area contributed by atoms with E-state index in [0.717, 1.165) is 16.7 Å². The van der Waals surface area contributed by atoms with Crippen LogP contribution in [0.3, 0.4) is 0 Å². The molecule has 180 valence electrons. The number of aromatic amines is 1. The third kappa shape index (κ3) is 5.71. The predicted octanol–water partition coefficient (Wildman–Crippen LogP) is 4.48. The van der Waals surface area contributed by atoms with Crippen LogP contribution in [0.1, 0.15) is 16.8 Å². The van der Waals surface area contributed by atoms with Crippen LogP contribution in [0.5, 0.6) is 5.75 Å². The molecule has 0 bridgehead atoms. The van der Waals surface area contributed by atoms with E-state index in [-0.39, 0.29) is 18.9 Å². The SMILES string of the molecule is CN(C)c1ccc2[nH]c(-c3cc(NC(=O)c4cccc(OCCC(=O)NO)c4)ccc3Cl)nc2c1. The molecule has 0 saturated heterocycles. The van der Waals surface area contributed by atoms with Crippen LogP contribution in [-0.4, -0.2) is 47.7 Å². The molecule has 10 heteroatoms. The van der Waals surface area contributed by atoms with Gasteiger partial charge in [-0.25, -0.2) is 10.5 Å². The summed E-state index contributed by atoms with van der Waals surface area (Å²) in [6, 6.07) is 17.7. The first kappa shape index (κ1) is 24.1. The van der Waals surface area contributed by atoms with E-state index in [1.807, 2.05) is 37.2 Å². The van der Waals surface area contributed by atoms with Crippen molar-refractivity contribution in [1.29, 1.82) is 0 Å². The molecule has 3 aromatic carbocycles. The van der Waals surface area contributed by atoms with Gasteiger partial charge in [0.15, 0.2) is 0 Å². The number of rotatable bonds is 8. The van der Waals surface area contributed by atoms with E-state index in [4.69, 9.17) is 21.5 Å². The van der Waals surface area contributed by atoms with Crippen molar-refractivity contribution in [1.82, 2.24) is 15.4 Å². The third-order valence-electron chi connectivity index (χ3n) is 5.28. The average Bonchev–Trinajstić information content (AvgIpc) is 3.28. The van der Waals surface area contributed by atoms with Crippen LogP contribution in [0.2, 0.25) is 5.02 Å². The summed E-state index contributed by atoms with van der Waals surface area (Å²) in [5.74, 6) is 0.135. The molecule has 0 aliphatic rings. The molecule has 1 heterocycles. The zero-order chi connectivity index (χ0) is 24.9. The van der Waals surface area contributed by atoms with Crippen molar-refractivity contribution in [2.75, 3.05) is 30.9 Å². The van der Waals surface area contributed by atoms with Crippen molar-refractivity contribution in [3.05, 3.63) is 71.2 Å². The molecule has 0 unspecified atom stereocenters. The maximum atomic E-state index is 12.8. The Hall–Kier alpha value is -4.08. The van der Waals surface area contributed by atoms with Crippen LogP contribution >= 0.6 is 11.6 Å². The highest BCUT2D eigenvalue weighted by atomic mass is 35.5. The summed E-state index contributed by atoms with van der Waals surface area (Å²) < 4.78 is 5.48. The summed E-state index contributed by atoms with van der Waals surface area (Å²) in [6.45, 7) is 0.0611. The number of anilines is 2. The fourth-order valence-corrected chi connectivity index (χ4v) is 3.64. The molecule has 0 spiro atoms. The van der Waals surface area contributed by atoms with Crippen molar-refractivity contribution < 1.29 is 19.5 Å². The molecular formula is C25H24ClN5O4. The third-order valence-corrected chi connectivity index (χ3v) is 5.61. The van der Waals surface area contributed by atoms with E-state index in [0.29, 0.717) is 33.4 Å². The number of fused-ring (bicyclic) bond motifs is 1. The second-order valence-electron chi connectivity index (χ2n) is 7.99. The van der Waals surface area contributed by atoms with E-state index in [2.05, 4.69) is 15.3 Å². The largest absolute Gasteiger partial charge is 0.493 e. The lowest BCUT2D eigenvalue weighted by Gasteiger charge is -2.11. The number of H-pyrrole nitrogens is 1. The molecule has 4 N–H and O–H groups in total.